The van der Waals surface area contributed by atoms with E-state index in [1.807, 2.05) is 44.3 Å². The summed E-state index contributed by atoms with van der Waals surface area (Å²) in [6, 6.07) is 11.3. The number of halogens is 1. The molecule has 1 aromatic heterocycles. The fraction of sp³-hybridized carbons (Fsp3) is 0.389. The van der Waals surface area contributed by atoms with Crippen molar-refractivity contribution in [3.63, 3.8) is 0 Å². The molecule has 2 aromatic rings. The standard InChI is InChI=1S/C18H22N4O2.ClH/c1-13-11-16(23)17(20-22(13)15-8-4-3-5-9-15)18(24)21-10-6-7-14(12-21)19-2;/h3-5,8-9,11,14,19H,6-7,10,12H2,1-2H3;1H. The minimum Gasteiger partial charge on any atom is -0.336 e. The molecular formula is C18H23ClN4O2. The molecule has 0 spiro atoms. The van der Waals surface area contributed by atoms with Gasteiger partial charge in [0, 0.05) is 30.9 Å². The number of amides is 1. The molecule has 1 amide bonds. The van der Waals surface area contributed by atoms with Crippen LogP contribution >= 0.6 is 12.4 Å². The Labute approximate surface area is 153 Å². The first-order valence-corrected chi connectivity index (χ1v) is 8.23. The van der Waals surface area contributed by atoms with Gasteiger partial charge in [-0.2, -0.15) is 5.10 Å². The van der Waals surface area contributed by atoms with Gasteiger partial charge in [-0.15, -0.1) is 12.4 Å². The van der Waals surface area contributed by atoms with Gasteiger partial charge in [0.1, 0.15) is 0 Å². The number of rotatable bonds is 3. The number of nitrogens with zero attached hydrogens (tertiary/aromatic N) is 3. The summed E-state index contributed by atoms with van der Waals surface area (Å²) in [6.07, 6.45) is 1.96. The van der Waals surface area contributed by atoms with E-state index in [0.717, 1.165) is 18.5 Å². The van der Waals surface area contributed by atoms with Crippen LogP contribution in [0.15, 0.2) is 41.2 Å². The van der Waals surface area contributed by atoms with Crippen LogP contribution in [0.1, 0.15) is 29.0 Å². The van der Waals surface area contributed by atoms with Gasteiger partial charge in [-0.05, 0) is 38.9 Å². The number of carbonyl (C=O) groups is 1. The number of aromatic nitrogens is 2. The molecule has 25 heavy (non-hydrogen) atoms. The summed E-state index contributed by atoms with van der Waals surface area (Å²) >= 11 is 0. The molecule has 0 aliphatic carbocycles. The highest BCUT2D eigenvalue weighted by Crippen LogP contribution is 2.13. The topological polar surface area (TPSA) is 67.2 Å². The summed E-state index contributed by atoms with van der Waals surface area (Å²) in [5.74, 6) is -0.287. The predicted molar refractivity (Wildman–Crippen MR) is 99.8 cm³/mol. The van der Waals surface area contributed by atoms with E-state index in [-0.39, 0.29) is 35.5 Å². The highest BCUT2D eigenvalue weighted by atomic mass is 35.5. The minimum absolute atomic E-state index is 0. The Morgan fingerprint density at radius 1 is 1.28 bits per heavy atom. The van der Waals surface area contributed by atoms with Crippen molar-refractivity contribution >= 4 is 18.3 Å². The van der Waals surface area contributed by atoms with Crippen LogP contribution in [-0.2, 0) is 0 Å². The molecule has 2 heterocycles. The summed E-state index contributed by atoms with van der Waals surface area (Å²) in [6.45, 7) is 3.08. The maximum atomic E-state index is 12.8. The Kier molecular flexibility index (Phi) is 6.33. The molecule has 0 saturated carbocycles. The van der Waals surface area contributed by atoms with Crippen molar-refractivity contribution in [3.05, 3.63) is 58.0 Å². The van der Waals surface area contributed by atoms with Crippen molar-refractivity contribution in [1.82, 2.24) is 20.0 Å². The van der Waals surface area contributed by atoms with Crippen molar-refractivity contribution in [1.29, 1.82) is 0 Å². The fourth-order valence-electron chi connectivity index (χ4n) is 3.07. The van der Waals surface area contributed by atoms with Crippen LogP contribution in [0, 0.1) is 6.92 Å². The normalized spacial score (nSPS) is 17.0. The molecule has 1 aliphatic rings. The monoisotopic (exact) mass is 362 g/mol. The van der Waals surface area contributed by atoms with Crippen molar-refractivity contribution < 1.29 is 4.79 Å². The van der Waals surface area contributed by atoms with Gasteiger partial charge in [0.2, 0.25) is 5.43 Å². The van der Waals surface area contributed by atoms with Gasteiger partial charge in [-0.3, -0.25) is 9.59 Å². The van der Waals surface area contributed by atoms with E-state index in [1.165, 1.54) is 6.07 Å². The number of para-hydroxylation sites is 1. The number of benzene rings is 1. The molecule has 7 heteroatoms. The van der Waals surface area contributed by atoms with Crippen LogP contribution in [0.2, 0.25) is 0 Å². The first kappa shape index (κ1) is 19.1. The van der Waals surface area contributed by atoms with Gasteiger partial charge < -0.3 is 10.2 Å². The lowest BCUT2D eigenvalue weighted by Gasteiger charge is -2.32. The van der Waals surface area contributed by atoms with Gasteiger partial charge in [0.25, 0.3) is 5.91 Å². The highest BCUT2D eigenvalue weighted by molar-refractivity contribution is 5.92. The van der Waals surface area contributed by atoms with Crippen LogP contribution in [-0.4, -0.2) is 46.8 Å². The number of piperidine rings is 1. The van der Waals surface area contributed by atoms with Crippen LogP contribution < -0.4 is 10.7 Å². The third kappa shape index (κ3) is 4.08. The van der Waals surface area contributed by atoms with Crippen molar-refractivity contribution in [2.75, 3.05) is 20.1 Å². The second-order valence-electron chi connectivity index (χ2n) is 6.12. The minimum atomic E-state index is -0.323. The van der Waals surface area contributed by atoms with E-state index in [1.54, 1.807) is 9.58 Å². The van der Waals surface area contributed by atoms with E-state index in [9.17, 15) is 9.59 Å². The molecule has 6 nitrogen and oxygen atoms in total. The molecule has 1 N–H and O–H groups in total. The Balaban J connectivity index is 0.00000225. The van der Waals surface area contributed by atoms with E-state index in [2.05, 4.69) is 10.4 Å². The summed E-state index contributed by atoms with van der Waals surface area (Å²) in [7, 11) is 1.89. The number of carbonyl (C=O) groups excluding carboxylic acids is 1. The van der Waals surface area contributed by atoms with Crippen LogP contribution in [0.4, 0.5) is 0 Å². The SMILES string of the molecule is CNC1CCCN(C(=O)c2nn(-c3ccccc3)c(C)cc2=O)C1.Cl. The molecule has 134 valence electrons. The number of hydrogen-bond acceptors (Lipinski definition) is 4. The molecule has 1 fully saturated rings. The first-order chi connectivity index (χ1) is 11.6. The second kappa shape index (κ2) is 8.27. The molecule has 0 bridgehead atoms. The average Bonchev–Trinajstić information content (AvgIpc) is 2.62. The largest absolute Gasteiger partial charge is 0.336 e. The molecule has 3 rings (SSSR count). The summed E-state index contributed by atoms with van der Waals surface area (Å²) in [5.41, 5.74) is 1.20. The Hall–Kier alpha value is -2.18. The lowest BCUT2D eigenvalue weighted by Crippen LogP contribution is -2.48. The molecule has 1 unspecified atom stereocenters. The van der Waals surface area contributed by atoms with Crippen molar-refractivity contribution in [2.24, 2.45) is 0 Å². The zero-order valence-corrected chi connectivity index (χ0v) is 15.3. The van der Waals surface area contributed by atoms with E-state index < -0.39 is 0 Å². The van der Waals surface area contributed by atoms with Gasteiger partial charge in [-0.25, -0.2) is 4.68 Å². The summed E-state index contributed by atoms with van der Waals surface area (Å²) in [4.78, 5) is 26.8. The molecule has 1 atom stereocenters. The van der Waals surface area contributed by atoms with Gasteiger partial charge in [-0.1, -0.05) is 18.2 Å². The average molecular weight is 363 g/mol. The van der Waals surface area contributed by atoms with Crippen molar-refractivity contribution in [3.8, 4) is 5.69 Å². The van der Waals surface area contributed by atoms with E-state index in [0.29, 0.717) is 18.8 Å². The van der Waals surface area contributed by atoms with Gasteiger partial charge in [0.05, 0.1) is 5.69 Å². The number of nitrogens with one attached hydrogen (secondary N) is 1. The lowest BCUT2D eigenvalue weighted by molar-refractivity contribution is 0.0688. The summed E-state index contributed by atoms with van der Waals surface area (Å²) in [5, 5.41) is 7.56. The Morgan fingerprint density at radius 3 is 2.68 bits per heavy atom. The molecular weight excluding hydrogens is 340 g/mol. The van der Waals surface area contributed by atoms with E-state index >= 15 is 0 Å². The number of likely N-dealkylation sites (N-methyl/N-ethyl adjacent to an activating group) is 1. The number of aryl methyl sites for hydroxylation is 1. The molecule has 1 aromatic carbocycles. The van der Waals surface area contributed by atoms with E-state index in [4.69, 9.17) is 0 Å². The predicted octanol–water partition coefficient (Wildman–Crippen LogP) is 1.79. The lowest BCUT2D eigenvalue weighted by atomic mass is 10.1. The van der Waals surface area contributed by atoms with Crippen LogP contribution in [0.3, 0.4) is 0 Å². The van der Waals surface area contributed by atoms with Gasteiger partial charge >= 0.3 is 0 Å². The Bertz CT molecular complexity index is 791. The summed E-state index contributed by atoms with van der Waals surface area (Å²) < 4.78 is 1.65. The molecule has 0 radical (unpaired) electrons. The third-order valence-electron chi connectivity index (χ3n) is 4.43. The maximum Gasteiger partial charge on any atom is 0.278 e. The zero-order valence-electron chi connectivity index (χ0n) is 14.4. The maximum absolute atomic E-state index is 12.8. The quantitative estimate of drug-likeness (QED) is 0.903. The smallest absolute Gasteiger partial charge is 0.278 e. The molecule has 1 saturated heterocycles. The van der Waals surface area contributed by atoms with Gasteiger partial charge in [0.15, 0.2) is 5.69 Å². The Morgan fingerprint density at radius 2 is 2.00 bits per heavy atom. The highest BCUT2D eigenvalue weighted by Gasteiger charge is 2.26. The molecule has 1 aliphatic heterocycles. The van der Waals surface area contributed by atoms with Crippen LogP contribution in [0.25, 0.3) is 5.69 Å². The fourth-order valence-corrected chi connectivity index (χ4v) is 3.07. The zero-order chi connectivity index (χ0) is 17.1. The number of hydrogen-bond donors (Lipinski definition) is 1. The third-order valence-corrected chi connectivity index (χ3v) is 4.43. The first-order valence-electron chi connectivity index (χ1n) is 8.23. The van der Waals surface area contributed by atoms with Crippen LogP contribution in [0.5, 0.6) is 0 Å². The second-order valence-corrected chi connectivity index (χ2v) is 6.12. The van der Waals surface area contributed by atoms with Crippen molar-refractivity contribution in [2.45, 2.75) is 25.8 Å². The number of likely N-dealkylation sites (tertiary alicyclic amines) is 1.